The topological polar surface area (TPSA) is 55.6 Å². The second kappa shape index (κ2) is 4.36. The first-order valence-corrected chi connectivity index (χ1v) is 5.90. The number of rotatable bonds is 2. The van der Waals surface area contributed by atoms with Crippen LogP contribution in [-0.2, 0) is 7.05 Å². The molecule has 0 unspecified atom stereocenters. The molecule has 2 aromatic heterocycles. The molecule has 0 atom stereocenters. The van der Waals surface area contributed by atoms with Crippen LogP contribution in [0, 0.1) is 10.5 Å². The lowest BCUT2D eigenvalue weighted by Crippen LogP contribution is -2.04. The molecule has 0 aliphatic rings. The first-order chi connectivity index (χ1) is 7.63. The van der Waals surface area contributed by atoms with Crippen LogP contribution in [0.5, 0.6) is 0 Å². The SMILES string of the molecule is CNc1nc(-c2cncn2C)nc(C)c1I. The average molecular weight is 329 g/mol. The molecule has 0 saturated heterocycles. The van der Waals surface area contributed by atoms with Gasteiger partial charge in [-0.05, 0) is 29.5 Å². The molecule has 16 heavy (non-hydrogen) atoms. The Balaban J connectivity index is 2.59. The van der Waals surface area contributed by atoms with Gasteiger partial charge in [-0.25, -0.2) is 15.0 Å². The second-order valence-corrected chi connectivity index (χ2v) is 4.51. The summed E-state index contributed by atoms with van der Waals surface area (Å²) in [5.74, 6) is 1.55. The fourth-order valence-electron chi connectivity index (χ4n) is 1.41. The van der Waals surface area contributed by atoms with Gasteiger partial charge in [0.15, 0.2) is 5.82 Å². The van der Waals surface area contributed by atoms with Crippen molar-refractivity contribution in [3.8, 4) is 11.5 Å². The van der Waals surface area contributed by atoms with Crippen LogP contribution in [0.1, 0.15) is 5.69 Å². The highest BCUT2D eigenvalue weighted by Gasteiger charge is 2.11. The molecule has 6 heteroatoms. The largest absolute Gasteiger partial charge is 0.372 e. The van der Waals surface area contributed by atoms with Gasteiger partial charge in [0.1, 0.15) is 11.5 Å². The Bertz CT molecular complexity index is 520. The van der Waals surface area contributed by atoms with Crippen LogP contribution in [0.3, 0.4) is 0 Å². The normalized spacial score (nSPS) is 10.5. The van der Waals surface area contributed by atoms with Crippen molar-refractivity contribution in [1.29, 1.82) is 0 Å². The molecule has 0 aromatic carbocycles. The maximum atomic E-state index is 4.47. The Hall–Kier alpha value is -1.18. The third kappa shape index (κ3) is 1.89. The summed E-state index contributed by atoms with van der Waals surface area (Å²) in [7, 11) is 3.79. The van der Waals surface area contributed by atoms with Gasteiger partial charge in [-0.2, -0.15) is 0 Å². The molecule has 2 rings (SSSR count). The minimum atomic E-state index is 0.697. The molecule has 5 nitrogen and oxygen atoms in total. The standard InChI is InChI=1S/C10H12IN5/c1-6-8(11)10(12-2)15-9(14-6)7-4-13-5-16(7)3/h4-5H,1-3H3,(H,12,14,15). The predicted molar refractivity (Wildman–Crippen MR) is 71.2 cm³/mol. The van der Waals surface area contributed by atoms with Crippen molar-refractivity contribution in [2.75, 3.05) is 12.4 Å². The smallest absolute Gasteiger partial charge is 0.180 e. The predicted octanol–water partition coefficient (Wildman–Crippen LogP) is 1.83. The zero-order valence-corrected chi connectivity index (χ0v) is 11.5. The molecule has 0 radical (unpaired) electrons. The molecular formula is C10H12IN5. The molecule has 0 amide bonds. The van der Waals surface area contributed by atoms with Crippen LogP contribution < -0.4 is 5.32 Å². The Morgan fingerprint density at radius 3 is 2.69 bits per heavy atom. The number of imidazole rings is 1. The summed E-state index contributed by atoms with van der Waals surface area (Å²) in [4.78, 5) is 13.0. The van der Waals surface area contributed by atoms with Crippen molar-refractivity contribution in [2.24, 2.45) is 7.05 Å². The number of hydrogen-bond donors (Lipinski definition) is 1. The lowest BCUT2D eigenvalue weighted by Gasteiger charge is -2.08. The van der Waals surface area contributed by atoms with E-state index in [1.54, 1.807) is 12.5 Å². The van der Waals surface area contributed by atoms with E-state index in [0.29, 0.717) is 5.82 Å². The molecule has 0 spiro atoms. The van der Waals surface area contributed by atoms with E-state index in [2.05, 4.69) is 42.9 Å². The van der Waals surface area contributed by atoms with E-state index in [1.807, 2.05) is 25.6 Å². The number of halogens is 1. The minimum absolute atomic E-state index is 0.697. The summed E-state index contributed by atoms with van der Waals surface area (Å²) >= 11 is 2.24. The van der Waals surface area contributed by atoms with E-state index in [1.165, 1.54) is 0 Å². The molecule has 84 valence electrons. The van der Waals surface area contributed by atoms with Crippen molar-refractivity contribution < 1.29 is 0 Å². The van der Waals surface area contributed by atoms with E-state index in [9.17, 15) is 0 Å². The summed E-state index contributed by atoms with van der Waals surface area (Å²) in [5, 5.41) is 3.07. The first kappa shape index (κ1) is 11.3. The Kier molecular flexibility index (Phi) is 3.08. The summed E-state index contributed by atoms with van der Waals surface area (Å²) < 4.78 is 2.95. The van der Waals surface area contributed by atoms with Crippen LogP contribution in [0.15, 0.2) is 12.5 Å². The Morgan fingerprint density at radius 2 is 2.12 bits per heavy atom. The van der Waals surface area contributed by atoms with Gasteiger partial charge in [0.2, 0.25) is 0 Å². The Morgan fingerprint density at radius 1 is 1.38 bits per heavy atom. The third-order valence-electron chi connectivity index (χ3n) is 2.30. The van der Waals surface area contributed by atoms with E-state index in [4.69, 9.17) is 0 Å². The van der Waals surface area contributed by atoms with E-state index < -0.39 is 0 Å². The van der Waals surface area contributed by atoms with Gasteiger partial charge < -0.3 is 9.88 Å². The van der Waals surface area contributed by atoms with Gasteiger partial charge in [0, 0.05) is 14.1 Å². The van der Waals surface area contributed by atoms with Crippen molar-refractivity contribution in [1.82, 2.24) is 19.5 Å². The van der Waals surface area contributed by atoms with Gasteiger partial charge in [0.25, 0.3) is 0 Å². The summed E-state index contributed by atoms with van der Waals surface area (Å²) in [5.41, 5.74) is 1.88. The third-order valence-corrected chi connectivity index (χ3v) is 3.59. The van der Waals surface area contributed by atoms with Crippen molar-refractivity contribution in [2.45, 2.75) is 6.92 Å². The second-order valence-electron chi connectivity index (χ2n) is 3.43. The molecule has 0 aliphatic heterocycles. The van der Waals surface area contributed by atoms with E-state index >= 15 is 0 Å². The first-order valence-electron chi connectivity index (χ1n) is 4.82. The lowest BCUT2D eigenvalue weighted by atomic mass is 10.3. The fraction of sp³-hybridized carbons (Fsp3) is 0.300. The van der Waals surface area contributed by atoms with Gasteiger partial charge in [-0.3, -0.25) is 0 Å². The molecule has 0 bridgehead atoms. The molecular weight excluding hydrogens is 317 g/mol. The summed E-state index contributed by atoms with van der Waals surface area (Å²) in [6.45, 7) is 1.98. The monoisotopic (exact) mass is 329 g/mol. The number of anilines is 1. The van der Waals surface area contributed by atoms with Gasteiger partial charge in [0.05, 0.1) is 21.8 Å². The number of nitrogens with one attached hydrogen (secondary N) is 1. The van der Waals surface area contributed by atoms with Crippen LogP contribution in [0.4, 0.5) is 5.82 Å². The van der Waals surface area contributed by atoms with E-state index in [-0.39, 0.29) is 0 Å². The zero-order chi connectivity index (χ0) is 11.7. The lowest BCUT2D eigenvalue weighted by molar-refractivity contribution is 0.905. The van der Waals surface area contributed by atoms with Crippen LogP contribution in [0.25, 0.3) is 11.5 Å². The molecule has 2 aromatic rings. The quantitative estimate of drug-likeness (QED) is 0.854. The van der Waals surface area contributed by atoms with Gasteiger partial charge >= 0.3 is 0 Å². The molecule has 0 aliphatic carbocycles. The molecule has 0 fully saturated rings. The highest BCUT2D eigenvalue weighted by atomic mass is 127. The van der Waals surface area contributed by atoms with Crippen molar-refractivity contribution >= 4 is 28.4 Å². The van der Waals surface area contributed by atoms with Crippen LogP contribution in [-0.4, -0.2) is 26.6 Å². The number of hydrogen-bond acceptors (Lipinski definition) is 4. The molecule has 1 N–H and O–H groups in total. The van der Waals surface area contributed by atoms with Crippen molar-refractivity contribution in [3.05, 3.63) is 21.8 Å². The van der Waals surface area contributed by atoms with Crippen LogP contribution >= 0.6 is 22.6 Å². The van der Waals surface area contributed by atoms with Gasteiger partial charge in [-0.1, -0.05) is 0 Å². The number of nitrogens with zero attached hydrogens (tertiary/aromatic N) is 4. The maximum absolute atomic E-state index is 4.47. The summed E-state index contributed by atoms with van der Waals surface area (Å²) in [6, 6.07) is 0. The van der Waals surface area contributed by atoms with E-state index in [0.717, 1.165) is 20.8 Å². The fourth-order valence-corrected chi connectivity index (χ4v) is 1.92. The van der Waals surface area contributed by atoms with Crippen LogP contribution in [0.2, 0.25) is 0 Å². The Labute approximate surface area is 107 Å². The zero-order valence-electron chi connectivity index (χ0n) is 9.32. The van der Waals surface area contributed by atoms with Gasteiger partial charge in [-0.15, -0.1) is 0 Å². The number of aromatic nitrogens is 4. The highest BCUT2D eigenvalue weighted by Crippen LogP contribution is 2.22. The molecule has 2 heterocycles. The highest BCUT2D eigenvalue weighted by molar-refractivity contribution is 14.1. The number of aryl methyl sites for hydroxylation is 2. The molecule has 0 saturated carbocycles. The summed E-state index contributed by atoms with van der Waals surface area (Å²) in [6.07, 6.45) is 3.51. The maximum Gasteiger partial charge on any atom is 0.180 e. The minimum Gasteiger partial charge on any atom is -0.372 e. The van der Waals surface area contributed by atoms with Crippen molar-refractivity contribution in [3.63, 3.8) is 0 Å². The average Bonchev–Trinajstić information content (AvgIpc) is 2.68.